The van der Waals surface area contributed by atoms with Crippen molar-refractivity contribution in [1.82, 2.24) is 0 Å². The van der Waals surface area contributed by atoms with Crippen LogP contribution in [0.5, 0.6) is 0 Å². The van der Waals surface area contributed by atoms with Crippen LogP contribution < -0.4 is 5.32 Å². The van der Waals surface area contributed by atoms with Crippen molar-refractivity contribution >= 4 is 29.3 Å². The average Bonchev–Trinajstić information content (AvgIpc) is 2.64. The maximum Gasteiger partial charge on any atom is 0.248 e. The van der Waals surface area contributed by atoms with Crippen LogP contribution in [0, 0.1) is 0 Å². The number of benzene rings is 3. The van der Waals surface area contributed by atoms with Gasteiger partial charge in [-0.2, -0.15) is 0 Å². The third kappa shape index (κ3) is 4.82. The number of amides is 1. The predicted molar refractivity (Wildman–Crippen MR) is 105 cm³/mol. The highest BCUT2D eigenvalue weighted by molar-refractivity contribution is 6.32. The third-order valence-corrected chi connectivity index (χ3v) is 4.18. The Hall–Kier alpha value is -2.84. The fourth-order valence-corrected chi connectivity index (χ4v) is 2.76. The lowest BCUT2D eigenvalue weighted by Crippen LogP contribution is -2.10. The fourth-order valence-electron chi connectivity index (χ4n) is 2.56. The third-order valence-electron chi connectivity index (χ3n) is 3.83. The number of hydrogen-bond acceptors (Lipinski definition) is 1. The first-order chi connectivity index (χ1) is 12.2. The summed E-state index contributed by atoms with van der Waals surface area (Å²) in [5, 5.41) is 3.57. The molecule has 0 aliphatic carbocycles. The average molecular weight is 348 g/mol. The molecule has 3 aromatic carbocycles. The molecule has 0 saturated carbocycles. The minimum absolute atomic E-state index is 0.180. The second-order valence-corrected chi connectivity index (χ2v) is 6.07. The van der Waals surface area contributed by atoms with E-state index < -0.39 is 0 Å². The van der Waals surface area contributed by atoms with Crippen molar-refractivity contribution in [1.29, 1.82) is 0 Å². The van der Waals surface area contributed by atoms with Crippen LogP contribution in [0.3, 0.4) is 0 Å². The van der Waals surface area contributed by atoms with Crippen LogP contribution in [0.2, 0.25) is 5.02 Å². The van der Waals surface area contributed by atoms with Gasteiger partial charge in [-0.15, -0.1) is 0 Å². The maximum absolute atomic E-state index is 12.3. The number of anilines is 1. The molecular weight excluding hydrogens is 330 g/mol. The summed E-state index contributed by atoms with van der Waals surface area (Å²) < 4.78 is 0. The van der Waals surface area contributed by atoms with Crippen LogP contribution in [0.15, 0.2) is 84.9 Å². The normalized spacial score (nSPS) is 10.8. The van der Waals surface area contributed by atoms with Gasteiger partial charge in [-0.05, 0) is 41.3 Å². The SMILES string of the molecule is O=C(C=Cc1ccccc1Cl)Nc1ccccc1Cc1ccccc1. The monoisotopic (exact) mass is 347 g/mol. The van der Waals surface area contributed by atoms with E-state index >= 15 is 0 Å². The molecule has 1 amide bonds. The molecule has 0 bridgehead atoms. The molecule has 3 rings (SSSR count). The summed E-state index contributed by atoms with van der Waals surface area (Å²) in [6.07, 6.45) is 3.99. The van der Waals surface area contributed by atoms with Gasteiger partial charge in [-0.25, -0.2) is 0 Å². The molecule has 3 aromatic rings. The lowest BCUT2D eigenvalue weighted by Gasteiger charge is -2.10. The van der Waals surface area contributed by atoms with Crippen LogP contribution in [0.1, 0.15) is 16.7 Å². The Balaban J connectivity index is 1.72. The molecule has 0 heterocycles. The van der Waals surface area contributed by atoms with Crippen molar-refractivity contribution in [3.05, 3.63) is 107 Å². The van der Waals surface area contributed by atoms with Crippen LogP contribution in [-0.2, 0) is 11.2 Å². The molecule has 2 nitrogen and oxygen atoms in total. The summed E-state index contributed by atoms with van der Waals surface area (Å²) in [7, 11) is 0. The van der Waals surface area contributed by atoms with E-state index in [4.69, 9.17) is 11.6 Å². The molecule has 0 atom stereocenters. The quantitative estimate of drug-likeness (QED) is 0.599. The standard InChI is InChI=1S/C22H18ClNO/c23-20-12-6-4-10-18(20)14-15-22(25)24-21-13-7-5-11-19(21)16-17-8-2-1-3-9-17/h1-15H,16H2,(H,24,25). The first kappa shape index (κ1) is 17.0. The summed E-state index contributed by atoms with van der Waals surface area (Å²) >= 11 is 6.10. The molecule has 0 saturated heterocycles. The molecule has 0 fully saturated rings. The number of rotatable bonds is 5. The van der Waals surface area contributed by atoms with Gasteiger partial charge in [0.15, 0.2) is 0 Å². The van der Waals surface area contributed by atoms with E-state index in [1.807, 2.05) is 60.7 Å². The van der Waals surface area contributed by atoms with Crippen LogP contribution >= 0.6 is 11.6 Å². The summed E-state index contributed by atoms with van der Waals surface area (Å²) in [4.78, 5) is 12.3. The molecule has 1 N–H and O–H groups in total. The van der Waals surface area contributed by atoms with Crippen molar-refractivity contribution < 1.29 is 4.79 Å². The Morgan fingerprint density at radius 3 is 2.36 bits per heavy atom. The van der Waals surface area contributed by atoms with Gasteiger partial charge in [0.25, 0.3) is 0 Å². The lowest BCUT2D eigenvalue weighted by atomic mass is 10.0. The number of carbonyl (C=O) groups excluding carboxylic acids is 1. The maximum atomic E-state index is 12.3. The van der Waals surface area contributed by atoms with E-state index in [9.17, 15) is 4.79 Å². The first-order valence-electron chi connectivity index (χ1n) is 8.08. The first-order valence-corrected chi connectivity index (χ1v) is 8.45. The summed E-state index contributed by atoms with van der Waals surface area (Å²) in [5.74, 6) is -0.180. The van der Waals surface area contributed by atoms with E-state index in [0.29, 0.717) is 5.02 Å². The summed E-state index contributed by atoms with van der Waals surface area (Å²) in [5.41, 5.74) is 3.92. The second-order valence-electron chi connectivity index (χ2n) is 5.66. The topological polar surface area (TPSA) is 29.1 Å². The predicted octanol–water partition coefficient (Wildman–Crippen LogP) is 5.58. The number of nitrogens with one attached hydrogen (secondary N) is 1. The zero-order valence-electron chi connectivity index (χ0n) is 13.7. The molecule has 0 aliphatic rings. The van der Waals surface area contributed by atoms with Gasteiger partial charge in [0.1, 0.15) is 0 Å². The van der Waals surface area contributed by atoms with Crippen molar-refractivity contribution in [3.63, 3.8) is 0 Å². The fraction of sp³-hybridized carbons (Fsp3) is 0.0455. The highest BCUT2D eigenvalue weighted by Gasteiger charge is 2.05. The number of para-hydroxylation sites is 1. The van der Waals surface area contributed by atoms with Crippen LogP contribution in [0.4, 0.5) is 5.69 Å². The molecule has 25 heavy (non-hydrogen) atoms. The Morgan fingerprint density at radius 1 is 0.880 bits per heavy atom. The Labute approximate surface area is 152 Å². The van der Waals surface area contributed by atoms with E-state index in [-0.39, 0.29) is 5.91 Å². The summed E-state index contributed by atoms with van der Waals surface area (Å²) in [6, 6.07) is 25.4. The molecule has 3 heteroatoms. The largest absolute Gasteiger partial charge is 0.322 e. The van der Waals surface area contributed by atoms with Crippen molar-refractivity contribution in [3.8, 4) is 0 Å². The minimum atomic E-state index is -0.180. The highest BCUT2D eigenvalue weighted by Crippen LogP contribution is 2.20. The van der Waals surface area contributed by atoms with Gasteiger partial charge in [-0.1, -0.05) is 78.3 Å². The molecule has 0 aromatic heterocycles. The van der Waals surface area contributed by atoms with Crippen LogP contribution in [0.25, 0.3) is 6.08 Å². The van der Waals surface area contributed by atoms with Gasteiger partial charge < -0.3 is 5.32 Å². The highest BCUT2D eigenvalue weighted by atomic mass is 35.5. The van der Waals surface area contributed by atoms with E-state index in [1.54, 1.807) is 12.1 Å². The zero-order chi connectivity index (χ0) is 17.5. The smallest absolute Gasteiger partial charge is 0.248 e. The number of halogens is 1. The van der Waals surface area contributed by atoms with Gasteiger partial charge in [0.05, 0.1) is 0 Å². The zero-order valence-corrected chi connectivity index (χ0v) is 14.4. The number of carbonyl (C=O) groups is 1. The lowest BCUT2D eigenvalue weighted by molar-refractivity contribution is -0.111. The molecular formula is C22H18ClNO. The molecule has 124 valence electrons. The van der Waals surface area contributed by atoms with Crippen molar-refractivity contribution in [2.24, 2.45) is 0 Å². The Morgan fingerprint density at radius 2 is 1.56 bits per heavy atom. The Bertz CT molecular complexity index is 887. The van der Waals surface area contributed by atoms with Gasteiger partial charge >= 0.3 is 0 Å². The Kier molecular flexibility index (Phi) is 5.65. The number of hydrogen-bond donors (Lipinski definition) is 1. The molecule has 0 spiro atoms. The van der Waals surface area contributed by atoms with E-state index in [2.05, 4.69) is 17.4 Å². The van der Waals surface area contributed by atoms with Gasteiger partial charge in [0.2, 0.25) is 5.91 Å². The van der Waals surface area contributed by atoms with Crippen LogP contribution in [-0.4, -0.2) is 5.91 Å². The second kappa shape index (κ2) is 8.32. The van der Waals surface area contributed by atoms with Gasteiger partial charge in [-0.3, -0.25) is 4.79 Å². The molecule has 0 radical (unpaired) electrons. The minimum Gasteiger partial charge on any atom is -0.322 e. The van der Waals surface area contributed by atoms with Crippen molar-refractivity contribution in [2.75, 3.05) is 5.32 Å². The van der Waals surface area contributed by atoms with Gasteiger partial charge in [0, 0.05) is 16.8 Å². The van der Waals surface area contributed by atoms with E-state index in [1.165, 1.54) is 11.6 Å². The summed E-state index contributed by atoms with van der Waals surface area (Å²) in [6.45, 7) is 0. The van der Waals surface area contributed by atoms with Crippen molar-refractivity contribution in [2.45, 2.75) is 6.42 Å². The van der Waals surface area contributed by atoms with E-state index in [0.717, 1.165) is 23.2 Å². The molecule has 0 unspecified atom stereocenters. The molecule has 0 aliphatic heterocycles.